The van der Waals surface area contributed by atoms with E-state index < -0.39 is 0 Å². The molecule has 2 unspecified atom stereocenters. The van der Waals surface area contributed by atoms with Crippen LogP contribution in [0, 0.1) is 5.92 Å². The molecule has 2 rings (SSSR count). The lowest BCUT2D eigenvalue weighted by atomic mass is 10.1. The maximum absolute atomic E-state index is 5.88. The molecule has 2 N–H and O–H groups in total. The molecule has 70 valence electrons. The van der Waals surface area contributed by atoms with Gasteiger partial charge in [0.05, 0.1) is 5.60 Å². The number of ether oxygens (including phenoxy) is 1. The number of hydrogen-bond donors (Lipinski definition) is 2. The predicted octanol–water partition coefficient (Wildman–Crippen LogP) is 0.320. The van der Waals surface area contributed by atoms with Gasteiger partial charge < -0.3 is 10.1 Å². The van der Waals surface area contributed by atoms with Crippen molar-refractivity contribution in [3.05, 3.63) is 0 Å². The van der Waals surface area contributed by atoms with Crippen LogP contribution in [-0.4, -0.2) is 31.5 Å². The van der Waals surface area contributed by atoms with Crippen molar-refractivity contribution in [1.29, 1.82) is 0 Å². The highest BCUT2D eigenvalue weighted by atomic mass is 16.5. The first-order valence-corrected chi connectivity index (χ1v) is 4.79. The molecule has 3 heteroatoms. The molecular weight excluding hydrogens is 152 g/mol. The van der Waals surface area contributed by atoms with Gasteiger partial charge in [0.15, 0.2) is 0 Å². The van der Waals surface area contributed by atoms with E-state index in [1.54, 1.807) is 0 Å². The topological polar surface area (TPSA) is 33.3 Å². The van der Waals surface area contributed by atoms with Crippen LogP contribution in [0.15, 0.2) is 0 Å². The second-order valence-corrected chi connectivity index (χ2v) is 4.43. The molecule has 0 amide bonds. The average Bonchev–Trinajstić information content (AvgIpc) is 2.55. The zero-order valence-corrected chi connectivity index (χ0v) is 7.89. The second-order valence-electron chi connectivity index (χ2n) is 4.43. The van der Waals surface area contributed by atoms with Gasteiger partial charge in [-0.2, -0.15) is 0 Å². The van der Waals surface area contributed by atoms with Crippen LogP contribution in [-0.2, 0) is 4.74 Å². The molecule has 2 heterocycles. The molecule has 2 fully saturated rings. The summed E-state index contributed by atoms with van der Waals surface area (Å²) in [5.74, 6) is 0.673. The summed E-state index contributed by atoms with van der Waals surface area (Å²) in [4.78, 5) is 0. The van der Waals surface area contributed by atoms with Crippen LogP contribution in [0.4, 0.5) is 0 Å². The molecule has 2 atom stereocenters. The van der Waals surface area contributed by atoms with Crippen molar-refractivity contribution < 1.29 is 4.74 Å². The minimum Gasteiger partial charge on any atom is -0.356 e. The van der Waals surface area contributed by atoms with E-state index in [-0.39, 0.29) is 11.8 Å². The summed E-state index contributed by atoms with van der Waals surface area (Å²) in [6, 6.07) is 0. The van der Waals surface area contributed by atoms with Crippen LogP contribution in [0.25, 0.3) is 0 Å². The van der Waals surface area contributed by atoms with Crippen LogP contribution < -0.4 is 10.6 Å². The number of hydrogen-bond acceptors (Lipinski definition) is 3. The van der Waals surface area contributed by atoms with Gasteiger partial charge in [-0.1, -0.05) is 0 Å². The second kappa shape index (κ2) is 2.98. The molecule has 0 aliphatic carbocycles. The van der Waals surface area contributed by atoms with Gasteiger partial charge in [-0.15, -0.1) is 0 Å². The van der Waals surface area contributed by atoms with Crippen molar-refractivity contribution in [2.24, 2.45) is 5.92 Å². The Balaban J connectivity index is 1.90. The molecule has 0 aromatic rings. The molecule has 0 bridgehead atoms. The number of rotatable bonds is 1. The maximum atomic E-state index is 5.88. The molecular formula is C9H18N2O. The SMILES string of the molecule is CC1(C)CNC(C2CCNC2)O1. The molecule has 2 aliphatic heterocycles. The third-order valence-electron chi connectivity index (χ3n) is 2.70. The summed E-state index contributed by atoms with van der Waals surface area (Å²) in [6.45, 7) is 7.51. The minimum atomic E-state index is 0.0350. The Kier molecular flexibility index (Phi) is 2.10. The minimum absolute atomic E-state index is 0.0350. The first-order chi connectivity index (χ1) is 5.67. The molecule has 0 spiro atoms. The summed E-state index contributed by atoms with van der Waals surface area (Å²) in [5, 5.41) is 6.78. The van der Waals surface area contributed by atoms with Gasteiger partial charge in [-0.3, -0.25) is 5.32 Å². The van der Waals surface area contributed by atoms with Crippen molar-refractivity contribution in [3.8, 4) is 0 Å². The highest BCUT2D eigenvalue weighted by Crippen LogP contribution is 2.24. The Hall–Kier alpha value is -0.120. The van der Waals surface area contributed by atoms with Gasteiger partial charge in [0.25, 0.3) is 0 Å². The van der Waals surface area contributed by atoms with E-state index in [2.05, 4.69) is 24.5 Å². The normalized spacial score (nSPS) is 40.5. The fourth-order valence-corrected chi connectivity index (χ4v) is 1.97. The van der Waals surface area contributed by atoms with Crippen LogP contribution in [0.2, 0.25) is 0 Å². The fourth-order valence-electron chi connectivity index (χ4n) is 1.97. The molecule has 0 aromatic heterocycles. The lowest BCUT2D eigenvalue weighted by molar-refractivity contribution is -0.0379. The summed E-state index contributed by atoms with van der Waals surface area (Å²) in [7, 11) is 0. The summed E-state index contributed by atoms with van der Waals surface area (Å²) >= 11 is 0. The first kappa shape index (κ1) is 8.48. The molecule has 0 saturated carbocycles. The summed E-state index contributed by atoms with van der Waals surface area (Å²) in [6.07, 6.45) is 1.53. The van der Waals surface area contributed by atoms with E-state index in [0.717, 1.165) is 19.6 Å². The standard InChI is InChI=1S/C9H18N2O/c1-9(2)6-11-8(12-9)7-3-4-10-5-7/h7-8,10-11H,3-6H2,1-2H3. The van der Waals surface area contributed by atoms with Crippen LogP contribution in [0.3, 0.4) is 0 Å². The number of nitrogens with one attached hydrogen (secondary N) is 2. The molecule has 0 aromatic carbocycles. The lowest BCUT2D eigenvalue weighted by Gasteiger charge is -2.21. The zero-order valence-electron chi connectivity index (χ0n) is 7.89. The van der Waals surface area contributed by atoms with Crippen molar-refractivity contribution in [1.82, 2.24) is 10.6 Å². The van der Waals surface area contributed by atoms with E-state index in [9.17, 15) is 0 Å². The molecule has 2 aliphatic rings. The van der Waals surface area contributed by atoms with E-state index in [1.807, 2.05) is 0 Å². The first-order valence-electron chi connectivity index (χ1n) is 4.79. The monoisotopic (exact) mass is 170 g/mol. The fraction of sp³-hybridized carbons (Fsp3) is 1.00. The third-order valence-corrected chi connectivity index (χ3v) is 2.70. The Morgan fingerprint density at radius 1 is 1.42 bits per heavy atom. The van der Waals surface area contributed by atoms with Crippen molar-refractivity contribution in [3.63, 3.8) is 0 Å². The van der Waals surface area contributed by atoms with E-state index in [0.29, 0.717) is 5.92 Å². The van der Waals surface area contributed by atoms with Crippen molar-refractivity contribution in [2.75, 3.05) is 19.6 Å². The average molecular weight is 170 g/mol. The van der Waals surface area contributed by atoms with Crippen LogP contribution >= 0.6 is 0 Å². The predicted molar refractivity (Wildman–Crippen MR) is 47.9 cm³/mol. The smallest absolute Gasteiger partial charge is 0.113 e. The van der Waals surface area contributed by atoms with Gasteiger partial charge in [0.2, 0.25) is 0 Å². The van der Waals surface area contributed by atoms with Gasteiger partial charge >= 0.3 is 0 Å². The largest absolute Gasteiger partial charge is 0.356 e. The van der Waals surface area contributed by atoms with Crippen molar-refractivity contribution >= 4 is 0 Å². The quantitative estimate of drug-likeness (QED) is 0.594. The molecule has 12 heavy (non-hydrogen) atoms. The molecule has 0 radical (unpaired) electrons. The maximum Gasteiger partial charge on any atom is 0.113 e. The highest BCUT2D eigenvalue weighted by molar-refractivity contribution is 4.87. The van der Waals surface area contributed by atoms with Crippen LogP contribution in [0.1, 0.15) is 20.3 Å². The molecule has 3 nitrogen and oxygen atoms in total. The van der Waals surface area contributed by atoms with Gasteiger partial charge in [0.1, 0.15) is 6.23 Å². The van der Waals surface area contributed by atoms with Crippen LogP contribution in [0.5, 0.6) is 0 Å². The van der Waals surface area contributed by atoms with E-state index >= 15 is 0 Å². The van der Waals surface area contributed by atoms with Crippen molar-refractivity contribution in [2.45, 2.75) is 32.1 Å². The summed E-state index contributed by atoms with van der Waals surface area (Å²) < 4.78 is 5.88. The lowest BCUT2D eigenvalue weighted by Crippen LogP contribution is -2.32. The van der Waals surface area contributed by atoms with E-state index in [4.69, 9.17) is 4.74 Å². The van der Waals surface area contributed by atoms with Gasteiger partial charge in [0, 0.05) is 19.0 Å². The highest BCUT2D eigenvalue weighted by Gasteiger charge is 2.36. The molecule has 2 saturated heterocycles. The Morgan fingerprint density at radius 2 is 2.25 bits per heavy atom. The third kappa shape index (κ3) is 1.63. The zero-order chi connectivity index (χ0) is 8.60. The Morgan fingerprint density at radius 3 is 2.75 bits per heavy atom. The van der Waals surface area contributed by atoms with E-state index in [1.165, 1.54) is 6.42 Å². The Labute approximate surface area is 73.9 Å². The summed E-state index contributed by atoms with van der Waals surface area (Å²) in [5.41, 5.74) is 0.0350. The van der Waals surface area contributed by atoms with Gasteiger partial charge in [-0.05, 0) is 26.8 Å². The Bertz CT molecular complexity index is 164. The van der Waals surface area contributed by atoms with Gasteiger partial charge in [-0.25, -0.2) is 0 Å².